The standard InChI is InChI=1S/C19H18F3N3O2/c20-19(21,22)14-7-4-8-15(11-14)24-18(27)17(13-5-2-1-3-6-13)25-10-9-23-16(26)12-25/h1-8,11,17H,9-10,12H2,(H,23,26)(H,24,27)/p+1/t17-/m0/s1. The van der Waals surface area contributed by atoms with E-state index in [1.54, 1.807) is 24.3 Å². The Morgan fingerprint density at radius 1 is 1.11 bits per heavy atom. The molecule has 2 aromatic carbocycles. The number of carbonyl (C=O) groups excluding carboxylic acids is 2. The van der Waals surface area contributed by atoms with Crippen LogP contribution in [0.4, 0.5) is 18.9 Å². The minimum Gasteiger partial charge on any atom is -0.346 e. The van der Waals surface area contributed by atoms with E-state index in [0.29, 0.717) is 18.7 Å². The van der Waals surface area contributed by atoms with Gasteiger partial charge in [0.15, 0.2) is 12.6 Å². The second-order valence-corrected chi connectivity index (χ2v) is 6.35. The molecule has 3 rings (SSSR count). The highest BCUT2D eigenvalue weighted by Gasteiger charge is 2.35. The molecule has 0 aromatic heterocycles. The Hall–Kier alpha value is -2.87. The van der Waals surface area contributed by atoms with Gasteiger partial charge in [0, 0.05) is 11.3 Å². The third-order valence-electron chi connectivity index (χ3n) is 4.42. The molecule has 0 bridgehead atoms. The summed E-state index contributed by atoms with van der Waals surface area (Å²) in [5.74, 6) is -0.616. The van der Waals surface area contributed by atoms with Crippen molar-refractivity contribution in [1.29, 1.82) is 0 Å². The fourth-order valence-corrected chi connectivity index (χ4v) is 3.17. The van der Waals surface area contributed by atoms with E-state index in [0.717, 1.165) is 17.0 Å². The molecule has 1 unspecified atom stereocenters. The summed E-state index contributed by atoms with van der Waals surface area (Å²) in [4.78, 5) is 25.4. The minimum absolute atomic E-state index is 0.0663. The molecular weight excluding hydrogens is 359 g/mol. The molecule has 1 aliphatic rings. The number of anilines is 1. The molecule has 27 heavy (non-hydrogen) atoms. The van der Waals surface area contributed by atoms with Gasteiger partial charge in [0.05, 0.1) is 18.7 Å². The summed E-state index contributed by atoms with van der Waals surface area (Å²) in [5.41, 5.74) is -0.0652. The lowest BCUT2D eigenvalue weighted by molar-refractivity contribution is -0.915. The maximum absolute atomic E-state index is 12.9. The van der Waals surface area contributed by atoms with E-state index in [2.05, 4.69) is 10.6 Å². The zero-order chi connectivity index (χ0) is 19.4. The van der Waals surface area contributed by atoms with Crippen LogP contribution in [-0.4, -0.2) is 31.4 Å². The fourth-order valence-electron chi connectivity index (χ4n) is 3.17. The smallest absolute Gasteiger partial charge is 0.346 e. The predicted octanol–water partition coefficient (Wildman–Crippen LogP) is 1.40. The molecular formula is C19H19F3N3O2+. The third kappa shape index (κ3) is 4.65. The number of hydrogen-bond acceptors (Lipinski definition) is 2. The summed E-state index contributed by atoms with van der Waals surface area (Å²) < 4.78 is 38.7. The Morgan fingerprint density at radius 2 is 1.85 bits per heavy atom. The van der Waals surface area contributed by atoms with E-state index in [9.17, 15) is 22.8 Å². The van der Waals surface area contributed by atoms with Gasteiger partial charge in [0.2, 0.25) is 0 Å². The van der Waals surface area contributed by atoms with Crippen molar-refractivity contribution in [1.82, 2.24) is 5.32 Å². The molecule has 8 heteroatoms. The molecule has 0 radical (unpaired) electrons. The first kappa shape index (κ1) is 18.9. The Bertz CT molecular complexity index is 824. The van der Waals surface area contributed by atoms with Crippen LogP contribution in [0.3, 0.4) is 0 Å². The van der Waals surface area contributed by atoms with E-state index in [-0.39, 0.29) is 18.1 Å². The molecule has 0 saturated carbocycles. The van der Waals surface area contributed by atoms with Gasteiger partial charge in [-0.3, -0.25) is 9.59 Å². The average molecular weight is 378 g/mol. The normalized spacial score (nSPS) is 18.5. The quantitative estimate of drug-likeness (QED) is 0.753. The second kappa shape index (κ2) is 7.79. The van der Waals surface area contributed by atoms with Crippen LogP contribution in [0.5, 0.6) is 0 Å². The van der Waals surface area contributed by atoms with Gasteiger partial charge in [-0.15, -0.1) is 0 Å². The van der Waals surface area contributed by atoms with Gasteiger partial charge < -0.3 is 15.5 Å². The van der Waals surface area contributed by atoms with Crippen LogP contribution in [-0.2, 0) is 15.8 Å². The van der Waals surface area contributed by atoms with Crippen molar-refractivity contribution < 1.29 is 27.7 Å². The Labute approximate surface area is 154 Å². The van der Waals surface area contributed by atoms with Gasteiger partial charge in [-0.05, 0) is 18.2 Å². The zero-order valence-electron chi connectivity index (χ0n) is 14.3. The van der Waals surface area contributed by atoms with Crippen LogP contribution < -0.4 is 15.5 Å². The van der Waals surface area contributed by atoms with Crippen molar-refractivity contribution in [3.63, 3.8) is 0 Å². The number of carbonyl (C=O) groups is 2. The van der Waals surface area contributed by atoms with Crippen molar-refractivity contribution in [2.75, 3.05) is 25.0 Å². The third-order valence-corrected chi connectivity index (χ3v) is 4.42. The predicted molar refractivity (Wildman–Crippen MR) is 93.0 cm³/mol. The van der Waals surface area contributed by atoms with Gasteiger partial charge in [-0.2, -0.15) is 13.2 Å². The van der Waals surface area contributed by atoms with Crippen molar-refractivity contribution >= 4 is 17.5 Å². The second-order valence-electron chi connectivity index (χ2n) is 6.35. The topological polar surface area (TPSA) is 62.6 Å². The van der Waals surface area contributed by atoms with Crippen LogP contribution in [0.25, 0.3) is 0 Å². The molecule has 2 aromatic rings. The summed E-state index contributed by atoms with van der Waals surface area (Å²) in [6.45, 7) is 1.10. The molecule has 1 fully saturated rings. The number of amides is 2. The van der Waals surface area contributed by atoms with E-state index < -0.39 is 23.7 Å². The number of rotatable bonds is 4. The lowest BCUT2D eigenvalue weighted by atomic mass is 10.0. The fraction of sp³-hybridized carbons (Fsp3) is 0.263. The summed E-state index contributed by atoms with van der Waals surface area (Å²) in [6.07, 6.45) is -4.49. The monoisotopic (exact) mass is 378 g/mol. The molecule has 5 nitrogen and oxygen atoms in total. The lowest BCUT2D eigenvalue weighted by Gasteiger charge is -2.30. The average Bonchev–Trinajstić information content (AvgIpc) is 2.62. The van der Waals surface area contributed by atoms with Crippen LogP contribution >= 0.6 is 0 Å². The van der Waals surface area contributed by atoms with Gasteiger partial charge in [0.25, 0.3) is 11.8 Å². The highest BCUT2D eigenvalue weighted by molar-refractivity contribution is 5.94. The van der Waals surface area contributed by atoms with Crippen molar-refractivity contribution in [3.05, 3.63) is 65.7 Å². The van der Waals surface area contributed by atoms with Crippen LogP contribution in [0.1, 0.15) is 17.2 Å². The minimum atomic E-state index is -4.49. The molecule has 1 aliphatic heterocycles. The number of alkyl halides is 3. The maximum atomic E-state index is 12.9. The number of nitrogens with one attached hydrogen (secondary N) is 3. The molecule has 2 amide bonds. The summed E-state index contributed by atoms with van der Waals surface area (Å²) in [5, 5.41) is 5.29. The largest absolute Gasteiger partial charge is 0.416 e. The number of piperazine rings is 1. The molecule has 142 valence electrons. The molecule has 1 saturated heterocycles. The number of hydrogen-bond donors (Lipinski definition) is 3. The highest BCUT2D eigenvalue weighted by atomic mass is 19.4. The molecule has 0 spiro atoms. The zero-order valence-corrected chi connectivity index (χ0v) is 14.3. The summed E-state index contributed by atoms with van der Waals surface area (Å²) in [7, 11) is 0. The van der Waals surface area contributed by atoms with E-state index in [1.807, 2.05) is 6.07 Å². The lowest BCUT2D eigenvalue weighted by Crippen LogP contribution is -3.16. The summed E-state index contributed by atoms with van der Waals surface area (Å²) >= 11 is 0. The van der Waals surface area contributed by atoms with E-state index >= 15 is 0 Å². The Morgan fingerprint density at radius 3 is 2.52 bits per heavy atom. The Kier molecular flexibility index (Phi) is 5.46. The van der Waals surface area contributed by atoms with Gasteiger partial charge in [0.1, 0.15) is 0 Å². The first-order chi connectivity index (χ1) is 12.8. The van der Waals surface area contributed by atoms with Gasteiger partial charge >= 0.3 is 6.18 Å². The first-order valence-corrected chi connectivity index (χ1v) is 8.49. The number of halogens is 3. The van der Waals surface area contributed by atoms with Crippen molar-refractivity contribution in [2.24, 2.45) is 0 Å². The molecule has 2 atom stereocenters. The van der Waals surface area contributed by atoms with Gasteiger partial charge in [-0.1, -0.05) is 36.4 Å². The van der Waals surface area contributed by atoms with E-state index in [1.165, 1.54) is 12.1 Å². The van der Waals surface area contributed by atoms with Crippen LogP contribution in [0.15, 0.2) is 54.6 Å². The molecule has 1 heterocycles. The van der Waals surface area contributed by atoms with Crippen LogP contribution in [0, 0.1) is 0 Å². The molecule has 0 aliphatic carbocycles. The summed E-state index contributed by atoms with van der Waals surface area (Å²) in [6, 6.07) is 12.7. The molecule has 3 N–H and O–H groups in total. The SMILES string of the molecule is O=C1C[NH+]([C@H](C(=O)Nc2cccc(C(F)(F)F)c2)c2ccccc2)CCN1. The van der Waals surface area contributed by atoms with Crippen molar-refractivity contribution in [2.45, 2.75) is 12.2 Å². The Balaban J connectivity index is 1.86. The van der Waals surface area contributed by atoms with Gasteiger partial charge in [-0.25, -0.2) is 0 Å². The number of benzene rings is 2. The first-order valence-electron chi connectivity index (χ1n) is 8.49. The van der Waals surface area contributed by atoms with E-state index in [4.69, 9.17) is 0 Å². The maximum Gasteiger partial charge on any atom is 0.416 e. The van der Waals surface area contributed by atoms with Crippen LogP contribution in [0.2, 0.25) is 0 Å². The van der Waals surface area contributed by atoms with Crippen molar-refractivity contribution in [3.8, 4) is 0 Å². The highest BCUT2D eigenvalue weighted by Crippen LogP contribution is 2.30. The number of quaternary nitrogens is 1.